The zero-order chi connectivity index (χ0) is 31.3. The molecule has 0 aliphatic heterocycles. The van der Waals surface area contributed by atoms with Crippen molar-refractivity contribution in [2.24, 2.45) is 0 Å². The van der Waals surface area contributed by atoms with Crippen molar-refractivity contribution in [3.63, 3.8) is 0 Å². The molecule has 7 rings (SSSR count). The van der Waals surface area contributed by atoms with Gasteiger partial charge in [0.05, 0.1) is 28.3 Å². The Morgan fingerprint density at radius 1 is 0.578 bits per heavy atom. The van der Waals surface area contributed by atoms with E-state index in [1.165, 1.54) is 0 Å². The van der Waals surface area contributed by atoms with Crippen LogP contribution in [-0.4, -0.2) is 40.1 Å². The number of aromatic nitrogens is 8. The molecule has 0 saturated heterocycles. The molecule has 1 N–H and O–H groups in total. The number of halogens is 1. The molecule has 7 aromatic heterocycles. The van der Waals surface area contributed by atoms with Gasteiger partial charge in [-0.15, -0.1) is 5.10 Å². The third kappa shape index (κ3) is 7.22. The van der Waals surface area contributed by atoms with Gasteiger partial charge in [-0.2, -0.15) is 5.10 Å². The fourth-order valence-corrected chi connectivity index (χ4v) is 4.87. The second kappa shape index (κ2) is 13.1. The molecule has 0 atom stereocenters. The second-order valence-corrected chi connectivity index (χ2v) is 11.3. The third-order valence-corrected chi connectivity index (χ3v) is 7.31. The summed E-state index contributed by atoms with van der Waals surface area (Å²) in [5.74, 6) is 1.78. The maximum absolute atomic E-state index is 5.89. The summed E-state index contributed by atoms with van der Waals surface area (Å²) < 4.78 is 0. The molecular formula is C35H30ClN9. The zero-order valence-electron chi connectivity index (χ0n) is 25.3. The van der Waals surface area contributed by atoms with Crippen LogP contribution >= 0.6 is 11.6 Å². The highest BCUT2D eigenvalue weighted by Crippen LogP contribution is 2.25. The first kappa shape index (κ1) is 29.7. The van der Waals surface area contributed by atoms with Crippen LogP contribution in [0.5, 0.6) is 0 Å². The molecule has 7 aromatic rings. The van der Waals surface area contributed by atoms with E-state index in [-0.39, 0.29) is 0 Å². The molecule has 0 spiro atoms. The highest BCUT2D eigenvalue weighted by Gasteiger charge is 2.07. The van der Waals surface area contributed by atoms with Crippen molar-refractivity contribution in [3.05, 3.63) is 120 Å². The van der Waals surface area contributed by atoms with Gasteiger partial charge >= 0.3 is 0 Å². The quantitative estimate of drug-likeness (QED) is 0.192. The van der Waals surface area contributed by atoms with Crippen molar-refractivity contribution in [1.29, 1.82) is 0 Å². The number of pyridine rings is 6. The predicted molar refractivity (Wildman–Crippen MR) is 179 cm³/mol. The SMILES string of the molecule is Cc1cc(-c2cnc3ccc(Cl)nc3c2)ccn1.Cc1cc(-c2cnc3ccc(Nc4cc(C(C)C)cnn4)nc3c2)ccn1. The summed E-state index contributed by atoms with van der Waals surface area (Å²) in [7, 11) is 0. The predicted octanol–water partition coefficient (Wildman–Crippen LogP) is 8.31. The van der Waals surface area contributed by atoms with E-state index in [1.54, 1.807) is 24.7 Å². The molecule has 0 amide bonds. The average molecular weight is 612 g/mol. The number of aryl methyl sites for hydroxylation is 2. The molecular weight excluding hydrogens is 582 g/mol. The lowest BCUT2D eigenvalue weighted by Crippen LogP contribution is -2.00. The van der Waals surface area contributed by atoms with Crippen LogP contribution in [0, 0.1) is 13.8 Å². The molecule has 222 valence electrons. The average Bonchev–Trinajstić information content (AvgIpc) is 3.04. The molecule has 10 heteroatoms. The summed E-state index contributed by atoms with van der Waals surface area (Å²) in [5, 5.41) is 11.9. The van der Waals surface area contributed by atoms with Crippen molar-refractivity contribution in [2.75, 3.05) is 5.32 Å². The number of nitrogens with zero attached hydrogens (tertiary/aromatic N) is 8. The summed E-state index contributed by atoms with van der Waals surface area (Å²) in [6.45, 7) is 8.20. The van der Waals surface area contributed by atoms with E-state index in [0.29, 0.717) is 22.7 Å². The fraction of sp³-hybridized carbons (Fsp3) is 0.143. The zero-order valence-corrected chi connectivity index (χ0v) is 26.0. The first-order valence-corrected chi connectivity index (χ1v) is 14.8. The van der Waals surface area contributed by atoms with Gasteiger partial charge in [-0.3, -0.25) is 19.9 Å². The molecule has 45 heavy (non-hydrogen) atoms. The van der Waals surface area contributed by atoms with Crippen LogP contribution in [0.15, 0.2) is 97.7 Å². The molecule has 9 nitrogen and oxygen atoms in total. The maximum Gasteiger partial charge on any atom is 0.154 e. The van der Waals surface area contributed by atoms with Crippen molar-refractivity contribution in [1.82, 2.24) is 40.1 Å². The Labute approximate surface area is 265 Å². The fourth-order valence-electron chi connectivity index (χ4n) is 4.71. The monoisotopic (exact) mass is 611 g/mol. The molecule has 0 bridgehead atoms. The van der Waals surface area contributed by atoms with E-state index >= 15 is 0 Å². The van der Waals surface area contributed by atoms with E-state index < -0.39 is 0 Å². The molecule has 0 saturated carbocycles. The second-order valence-electron chi connectivity index (χ2n) is 10.9. The number of fused-ring (bicyclic) bond motifs is 2. The summed E-state index contributed by atoms with van der Waals surface area (Å²) in [4.78, 5) is 26.3. The molecule has 0 radical (unpaired) electrons. The molecule has 0 aliphatic rings. The largest absolute Gasteiger partial charge is 0.323 e. The number of hydrogen-bond acceptors (Lipinski definition) is 9. The van der Waals surface area contributed by atoms with Gasteiger partial charge in [-0.25, -0.2) is 9.97 Å². The first-order valence-electron chi connectivity index (χ1n) is 14.5. The van der Waals surface area contributed by atoms with Gasteiger partial charge in [0.1, 0.15) is 11.0 Å². The molecule has 0 fully saturated rings. The van der Waals surface area contributed by atoms with Crippen LogP contribution in [0.25, 0.3) is 44.3 Å². The number of rotatable bonds is 5. The summed E-state index contributed by atoms with van der Waals surface area (Å²) in [6.07, 6.45) is 9.09. The first-order chi connectivity index (χ1) is 21.8. The van der Waals surface area contributed by atoms with Gasteiger partial charge in [-0.1, -0.05) is 25.4 Å². The third-order valence-electron chi connectivity index (χ3n) is 7.10. The lowest BCUT2D eigenvalue weighted by Gasteiger charge is -2.09. The summed E-state index contributed by atoms with van der Waals surface area (Å²) in [6, 6.07) is 21.5. The van der Waals surface area contributed by atoms with Crippen LogP contribution in [-0.2, 0) is 0 Å². The Morgan fingerprint density at radius 2 is 1.18 bits per heavy atom. The highest BCUT2D eigenvalue weighted by molar-refractivity contribution is 6.29. The van der Waals surface area contributed by atoms with Crippen LogP contribution in [0.4, 0.5) is 11.6 Å². The minimum absolute atomic E-state index is 0.390. The minimum atomic E-state index is 0.390. The smallest absolute Gasteiger partial charge is 0.154 e. The van der Waals surface area contributed by atoms with Crippen LogP contribution in [0.3, 0.4) is 0 Å². The van der Waals surface area contributed by atoms with Crippen LogP contribution in [0.1, 0.15) is 36.7 Å². The minimum Gasteiger partial charge on any atom is -0.323 e. The van der Waals surface area contributed by atoms with E-state index in [9.17, 15) is 0 Å². The van der Waals surface area contributed by atoms with Crippen molar-refractivity contribution < 1.29 is 0 Å². The lowest BCUT2D eigenvalue weighted by molar-refractivity contribution is 0.843. The Morgan fingerprint density at radius 3 is 1.78 bits per heavy atom. The van der Waals surface area contributed by atoms with Gasteiger partial charge in [-0.05, 0) is 103 Å². The lowest BCUT2D eigenvalue weighted by atomic mass is 10.1. The van der Waals surface area contributed by atoms with Gasteiger partial charge in [0.2, 0.25) is 0 Å². The Bertz CT molecular complexity index is 2130. The number of hydrogen-bond donors (Lipinski definition) is 1. The van der Waals surface area contributed by atoms with Crippen molar-refractivity contribution in [2.45, 2.75) is 33.6 Å². The van der Waals surface area contributed by atoms with E-state index in [4.69, 9.17) is 16.6 Å². The van der Waals surface area contributed by atoms with Gasteiger partial charge in [0.25, 0.3) is 0 Å². The molecule has 7 heterocycles. The van der Waals surface area contributed by atoms with Gasteiger partial charge in [0, 0.05) is 47.3 Å². The maximum atomic E-state index is 5.89. The number of anilines is 2. The summed E-state index contributed by atoms with van der Waals surface area (Å²) >= 11 is 5.89. The Kier molecular flexibility index (Phi) is 8.61. The molecule has 0 aromatic carbocycles. The highest BCUT2D eigenvalue weighted by atomic mass is 35.5. The topological polar surface area (TPSA) is 115 Å². The molecule has 0 aliphatic carbocycles. The van der Waals surface area contributed by atoms with Crippen LogP contribution < -0.4 is 5.32 Å². The Balaban J connectivity index is 0.000000172. The normalized spacial score (nSPS) is 11.0. The van der Waals surface area contributed by atoms with Gasteiger partial charge in [0.15, 0.2) is 5.82 Å². The van der Waals surface area contributed by atoms with E-state index in [0.717, 1.165) is 61.3 Å². The van der Waals surface area contributed by atoms with Crippen molar-refractivity contribution in [3.8, 4) is 22.3 Å². The number of nitrogens with one attached hydrogen (secondary N) is 1. The van der Waals surface area contributed by atoms with Crippen LogP contribution in [0.2, 0.25) is 5.15 Å². The summed E-state index contributed by atoms with van der Waals surface area (Å²) in [5.41, 5.74) is 10.6. The Hall–Kier alpha value is -5.41. The molecule has 0 unspecified atom stereocenters. The van der Waals surface area contributed by atoms with E-state index in [1.807, 2.05) is 86.9 Å². The van der Waals surface area contributed by atoms with Gasteiger partial charge < -0.3 is 5.32 Å². The van der Waals surface area contributed by atoms with E-state index in [2.05, 4.69) is 54.3 Å². The standard InChI is InChI=1S/C21H20N6.C14H10ClN3/c1-13(2)16-10-21(27-24-12-16)26-20-5-4-18-19(25-20)9-17(11-23-18)15-6-7-22-14(3)8-15;1-9-6-10(4-5-16-9)11-7-13-12(17-8-11)2-3-14(15)18-13/h4-13H,1-3H3,(H,25,26,27);2-8H,1H3. The van der Waals surface area contributed by atoms with Crippen molar-refractivity contribution >= 4 is 45.3 Å².